The van der Waals surface area contributed by atoms with Crippen molar-refractivity contribution in [1.82, 2.24) is 15.2 Å². The third kappa shape index (κ3) is 3.96. The van der Waals surface area contributed by atoms with Crippen LogP contribution < -0.4 is 10.6 Å². The standard InChI is InChI=1S/C17H16ClN5/c1-11-4-3-5-13(8-11)21-17-22-16(10-19-23-17)20-14-7-6-12(2)15(18)9-14/h3-10H,1-2H3,(H2,20,21,22,23). The molecule has 23 heavy (non-hydrogen) atoms. The first-order valence-electron chi connectivity index (χ1n) is 7.17. The summed E-state index contributed by atoms with van der Waals surface area (Å²) in [5, 5.41) is 15.0. The fourth-order valence-corrected chi connectivity index (χ4v) is 2.27. The molecule has 6 heteroatoms. The van der Waals surface area contributed by atoms with Crippen LogP contribution in [0.4, 0.5) is 23.1 Å². The van der Waals surface area contributed by atoms with Crippen LogP contribution in [0, 0.1) is 13.8 Å². The maximum absolute atomic E-state index is 6.13. The molecule has 5 nitrogen and oxygen atoms in total. The van der Waals surface area contributed by atoms with Gasteiger partial charge in [-0.2, -0.15) is 10.1 Å². The van der Waals surface area contributed by atoms with E-state index in [2.05, 4.69) is 25.8 Å². The molecular weight excluding hydrogens is 310 g/mol. The Labute approximate surface area is 139 Å². The second kappa shape index (κ2) is 6.62. The molecule has 0 radical (unpaired) electrons. The minimum atomic E-state index is 0.429. The number of benzene rings is 2. The smallest absolute Gasteiger partial charge is 0.249 e. The molecule has 116 valence electrons. The van der Waals surface area contributed by atoms with Crippen molar-refractivity contribution in [3.63, 3.8) is 0 Å². The Hall–Kier alpha value is -2.66. The molecule has 3 aromatic rings. The van der Waals surface area contributed by atoms with Gasteiger partial charge >= 0.3 is 0 Å². The van der Waals surface area contributed by atoms with E-state index in [1.54, 1.807) is 6.20 Å². The fourth-order valence-electron chi connectivity index (χ4n) is 2.09. The van der Waals surface area contributed by atoms with Crippen molar-refractivity contribution in [2.45, 2.75) is 13.8 Å². The molecule has 0 bridgehead atoms. The maximum Gasteiger partial charge on any atom is 0.249 e. The van der Waals surface area contributed by atoms with Crippen LogP contribution in [0.15, 0.2) is 48.7 Å². The predicted molar refractivity (Wildman–Crippen MR) is 93.8 cm³/mol. The molecule has 1 aromatic heterocycles. The highest BCUT2D eigenvalue weighted by Gasteiger charge is 2.03. The molecule has 0 unspecified atom stereocenters. The van der Waals surface area contributed by atoms with Gasteiger partial charge in [-0.25, -0.2) is 0 Å². The first kappa shape index (κ1) is 15.2. The largest absolute Gasteiger partial charge is 0.339 e. The van der Waals surface area contributed by atoms with E-state index in [1.807, 2.05) is 56.3 Å². The van der Waals surface area contributed by atoms with Gasteiger partial charge in [0, 0.05) is 16.4 Å². The molecule has 0 saturated heterocycles. The molecule has 2 N–H and O–H groups in total. The Bertz CT molecular complexity index is 835. The zero-order chi connectivity index (χ0) is 16.2. The average Bonchev–Trinajstić information content (AvgIpc) is 2.51. The Balaban J connectivity index is 1.78. The van der Waals surface area contributed by atoms with E-state index < -0.39 is 0 Å². The van der Waals surface area contributed by atoms with Crippen LogP contribution in [-0.4, -0.2) is 15.2 Å². The topological polar surface area (TPSA) is 62.7 Å². The fraction of sp³-hybridized carbons (Fsp3) is 0.118. The molecule has 1 heterocycles. The van der Waals surface area contributed by atoms with E-state index in [1.165, 1.54) is 0 Å². The Morgan fingerprint density at radius 1 is 0.957 bits per heavy atom. The SMILES string of the molecule is Cc1cccc(Nc2nncc(Nc3ccc(C)c(Cl)c3)n2)c1. The van der Waals surface area contributed by atoms with Crippen LogP contribution >= 0.6 is 11.6 Å². The van der Waals surface area contributed by atoms with E-state index in [4.69, 9.17) is 11.6 Å². The zero-order valence-corrected chi connectivity index (χ0v) is 13.6. The molecule has 0 spiro atoms. The van der Waals surface area contributed by atoms with Crippen molar-refractivity contribution < 1.29 is 0 Å². The number of nitrogens with one attached hydrogen (secondary N) is 2. The average molecular weight is 326 g/mol. The lowest BCUT2D eigenvalue weighted by Crippen LogP contribution is -2.02. The lowest BCUT2D eigenvalue weighted by Gasteiger charge is -2.09. The van der Waals surface area contributed by atoms with Gasteiger partial charge in [0.15, 0.2) is 5.82 Å². The summed E-state index contributed by atoms with van der Waals surface area (Å²) in [6, 6.07) is 13.7. The molecular formula is C17H16ClN5. The van der Waals surface area contributed by atoms with Crippen LogP contribution in [0.2, 0.25) is 5.02 Å². The maximum atomic E-state index is 6.13. The molecule has 0 aliphatic heterocycles. The van der Waals surface area contributed by atoms with Crippen molar-refractivity contribution in [3.05, 3.63) is 64.8 Å². The first-order chi connectivity index (χ1) is 11.1. The molecule has 0 amide bonds. The van der Waals surface area contributed by atoms with E-state index >= 15 is 0 Å². The Morgan fingerprint density at radius 2 is 1.78 bits per heavy atom. The molecule has 0 atom stereocenters. The lowest BCUT2D eigenvalue weighted by molar-refractivity contribution is 0.982. The number of aryl methyl sites for hydroxylation is 2. The monoisotopic (exact) mass is 325 g/mol. The van der Waals surface area contributed by atoms with Crippen LogP contribution in [0.5, 0.6) is 0 Å². The third-order valence-corrected chi connectivity index (χ3v) is 3.68. The molecule has 0 aliphatic rings. The molecule has 2 aromatic carbocycles. The van der Waals surface area contributed by atoms with Gasteiger partial charge in [-0.05, 0) is 49.2 Å². The van der Waals surface area contributed by atoms with Gasteiger partial charge in [0.2, 0.25) is 5.95 Å². The summed E-state index contributed by atoms with van der Waals surface area (Å²) in [7, 11) is 0. The summed E-state index contributed by atoms with van der Waals surface area (Å²) in [6.07, 6.45) is 1.56. The zero-order valence-electron chi connectivity index (χ0n) is 12.8. The van der Waals surface area contributed by atoms with E-state index in [0.717, 1.165) is 22.5 Å². The van der Waals surface area contributed by atoms with Crippen LogP contribution in [0.3, 0.4) is 0 Å². The van der Waals surface area contributed by atoms with Crippen molar-refractivity contribution >= 4 is 34.7 Å². The van der Waals surface area contributed by atoms with Gasteiger partial charge in [-0.1, -0.05) is 29.8 Å². The van der Waals surface area contributed by atoms with Gasteiger partial charge in [-0.3, -0.25) is 0 Å². The number of anilines is 4. The van der Waals surface area contributed by atoms with Crippen molar-refractivity contribution in [2.24, 2.45) is 0 Å². The Kier molecular flexibility index (Phi) is 4.39. The number of halogens is 1. The highest BCUT2D eigenvalue weighted by molar-refractivity contribution is 6.31. The minimum absolute atomic E-state index is 0.429. The van der Waals surface area contributed by atoms with Crippen molar-refractivity contribution in [1.29, 1.82) is 0 Å². The second-order valence-electron chi connectivity index (χ2n) is 5.25. The molecule has 0 aliphatic carbocycles. The van der Waals surface area contributed by atoms with Crippen molar-refractivity contribution in [2.75, 3.05) is 10.6 Å². The van der Waals surface area contributed by atoms with Gasteiger partial charge in [0.25, 0.3) is 0 Å². The predicted octanol–water partition coefficient (Wildman–Crippen LogP) is 4.63. The van der Waals surface area contributed by atoms with Crippen LogP contribution in [0.25, 0.3) is 0 Å². The number of rotatable bonds is 4. The molecule has 0 saturated carbocycles. The van der Waals surface area contributed by atoms with Gasteiger partial charge in [-0.15, -0.1) is 5.10 Å². The van der Waals surface area contributed by atoms with Crippen molar-refractivity contribution in [3.8, 4) is 0 Å². The molecule has 0 fully saturated rings. The van der Waals surface area contributed by atoms with Gasteiger partial charge in [0.1, 0.15) is 0 Å². The third-order valence-electron chi connectivity index (χ3n) is 3.28. The molecule has 3 rings (SSSR count). The van der Waals surface area contributed by atoms with Crippen LogP contribution in [-0.2, 0) is 0 Å². The van der Waals surface area contributed by atoms with E-state index in [0.29, 0.717) is 16.8 Å². The highest BCUT2D eigenvalue weighted by atomic mass is 35.5. The Morgan fingerprint density at radius 3 is 2.57 bits per heavy atom. The van der Waals surface area contributed by atoms with E-state index in [9.17, 15) is 0 Å². The summed E-state index contributed by atoms with van der Waals surface area (Å²) in [4.78, 5) is 4.41. The summed E-state index contributed by atoms with van der Waals surface area (Å²) >= 11 is 6.13. The lowest BCUT2D eigenvalue weighted by atomic mass is 10.2. The highest BCUT2D eigenvalue weighted by Crippen LogP contribution is 2.22. The quantitative estimate of drug-likeness (QED) is 0.732. The van der Waals surface area contributed by atoms with E-state index in [-0.39, 0.29) is 0 Å². The number of aromatic nitrogens is 3. The minimum Gasteiger partial charge on any atom is -0.339 e. The summed E-state index contributed by atoms with van der Waals surface area (Å²) < 4.78 is 0. The number of hydrogen-bond acceptors (Lipinski definition) is 5. The van der Waals surface area contributed by atoms with Gasteiger partial charge < -0.3 is 10.6 Å². The summed E-state index contributed by atoms with van der Waals surface area (Å²) in [5.74, 6) is 1.02. The first-order valence-corrected chi connectivity index (χ1v) is 7.54. The second-order valence-corrected chi connectivity index (χ2v) is 5.66. The summed E-state index contributed by atoms with van der Waals surface area (Å²) in [5.41, 5.74) is 3.95. The van der Waals surface area contributed by atoms with Crippen LogP contribution in [0.1, 0.15) is 11.1 Å². The van der Waals surface area contributed by atoms with Gasteiger partial charge in [0.05, 0.1) is 6.20 Å². The summed E-state index contributed by atoms with van der Waals surface area (Å²) in [6.45, 7) is 3.99. The normalized spacial score (nSPS) is 10.4. The number of hydrogen-bond donors (Lipinski definition) is 2. The number of nitrogens with zero attached hydrogens (tertiary/aromatic N) is 3.